The molecule has 4 nitrogen and oxygen atoms in total. The summed E-state index contributed by atoms with van der Waals surface area (Å²) in [5.41, 5.74) is -0.434. The fourth-order valence-corrected chi connectivity index (χ4v) is 1.52. The van der Waals surface area contributed by atoms with E-state index in [1.54, 1.807) is 10.9 Å². The second kappa shape index (κ2) is 4.99. The number of ether oxygens (including phenoxy) is 1. The molecule has 1 unspecified atom stereocenters. The van der Waals surface area contributed by atoms with E-state index in [-0.39, 0.29) is 11.9 Å². The van der Waals surface area contributed by atoms with Crippen LogP contribution < -0.4 is 0 Å². The van der Waals surface area contributed by atoms with Crippen molar-refractivity contribution in [2.24, 2.45) is 5.92 Å². The van der Waals surface area contributed by atoms with Gasteiger partial charge in [0.15, 0.2) is 0 Å². The van der Waals surface area contributed by atoms with Gasteiger partial charge in [0.1, 0.15) is 5.60 Å². The van der Waals surface area contributed by atoms with Crippen LogP contribution in [0.15, 0.2) is 16.9 Å². The van der Waals surface area contributed by atoms with Gasteiger partial charge in [-0.15, -0.1) is 0 Å². The Morgan fingerprint density at radius 3 is 2.69 bits per heavy atom. The summed E-state index contributed by atoms with van der Waals surface area (Å²) in [5, 5.41) is 4.10. The number of rotatable bonds is 3. The van der Waals surface area contributed by atoms with E-state index in [2.05, 4.69) is 21.0 Å². The van der Waals surface area contributed by atoms with Crippen LogP contribution in [0, 0.1) is 5.92 Å². The maximum absolute atomic E-state index is 11.7. The zero-order valence-corrected chi connectivity index (χ0v) is 11.6. The highest BCUT2D eigenvalue weighted by Crippen LogP contribution is 2.13. The standard InChI is InChI=1S/C11H17BrN2O2/c1-8(10(15)16-11(2,3)4)6-14-7-9(12)5-13-14/h5,7-8H,6H2,1-4H3. The smallest absolute Gasteiger partial charge is 0.311 e. The Morgan fingerprint density at radius 2 is 2.25 bits per heavy atom. The van der Waals surface area contributed by atoms with Crippen LogP contribution in [-0.4, -0.2) is 21.4 Å². The van der Waals surface area contributed by atoms with Crippen LogP contribution in [0.5, 0.6) is 0 Å². The summed E-state index contributed by atoms with van der Waals surface area (Å²) in [7, 11) is 0. The van der Waals surface area contributed by atoms with E-state index >= 15 is 0 Å². The third kappa shape index (κ3) is 4.35. The molecule has 0 saturated carbocycles. The molecule has 1 aromatic rings. The summed E-state index contributed by atoms with van der Waals surface area (Å²) in [6.07, 6.45) is 3.53. The van der Waals surface area contributed by atoms with E-state index < -0.39 is 5.60 Å². The van der Waals surface area contributed by atoms with Gasteiger partial charge in [0.25, 0.3) is 0 Å². The van der Waals surface area contributed by atoms with E-state index in [1.165, 1.54) is 0 Å². The number of carbonyl (C=O) groups is 1. The Hall–Kier alpha value is -0.840. The Bertz CT molecular complexity index is 368. The number of carbonyl (C=O) groups excluding carboxylic acids is 1. The van der Waals surface area contributed by atoms with Crippen molar-refractivity contribution < 1.29 is 9.53 Å². The number of esters is 1. The topological polar surface area (TPSA) is 44.1 Å². The lowest BCUT2D eigenvalue weighted by atomic mass is 10.1. The highest BCUT2D eigenvalue weighted by molar-refractivity contribution is 9.10. The Morgan fingerprint density at radius 1 is 1.62 bits per heavy atom. The monoisotopic (exact) mass is 288 g/mol. The van der Waals surface area contributed by atoms with E-state index in [0.29, 0.717) is 6.54 Å². The van der Waals surface area contributed by atoms with E-state index in [0.717, 1.165) is 4.47 Å². The molecule has 0 spiro atoms. The number of aromatic nitrogens is 2. The largest absolute Gasteiger partial charge is 0.460 e. The lowest BCUT2D eigenvalue weighted by Gasteiger charge is -2.22. The molecule has 0 amide bonds. The second-order valence-corrected chi connectivity index (χ2v) is 5.73. The highest BCUT2D eigenvalue weighted by Gasteiger charge is 2.22. The van der Waals surface area contributed by atoms with Crippen LogP contribution in [0.3, 0.4) is 0 Å². The van der Waals surface area contributed by atoms with Gasteiger partial charge in [-0.2, -0.15) is 5.10 Å². The van der Waals surface area contributed by atoms with E-state index in [1.807, 2.05) is 33.9 Å². The zero-order chi connectivity index (χ0) is 12.3. The van der Waals surface area contributed by atoms with Crippen LogP contribution >= 0.6 is 15.9 Å². The Labute approximate surface area is 104 Å². The van der Waals surface area contributed by atoms with Gasteiger partial charge in [0.2, 0.25) is 0 Å². The molecule has 0 radical (unpaired) electrons. The SMILES string of the molecule is CC(Cn1cc(Br)cn1)C(=O)OC(C)(C)C. The quantitative estimate of drug-likeness (QED) is 0.803. The van der Waals surface area contributed by atoms with Crippen molar-refractivity contribution in [3.8, 4) is 0 Å². The van der Waals surface area contributed by atoms with Crippen molar-refractivity contribution in [2.75, 3.05) is 0 Å². The molecule has 1 rings (SSSR count). The van der Waals surface area contributed by atoms with Crippen LogP contribution in [0.1, 0.15) is 27.7 Å². The molecule has 0 aliphatic rings. The maximum Gasteiger partial charge on any atom is 0.311 e. The molecule has 0 aromatic carbocycles. The van der Waals surface area contributed by atoms with Crippen molar-refractivity contribution in [1.29, 1.82) is 0 Å². The van der Waals surface area contributed by atoms with E-state index in [4.69, 9.17) is 4.74 Å². The van der Waals surface area contributed by atoms with Gasteiger partial charge in [-0.25, -0.2) is 0 Å². The lowest BCUT2D eigenvalue weighted by molar-refractivity contribution is -0.159. The molecule has 1 atom stereocenters. The summed E-state index contributed by atoms with van der Waals surface area (Å²) < 4.78 is 7.91. The highest BCUT2D eigenvalue weighted by atomic mass is 79.9. The van der Waals surface area contributed by atoms with Crippen molar-refractivity contribution >= 4 is 21.9 Å². The predicted molar refractivity (Wildman–Crippen MR) is 64.9 cm³/mol. The Kier molecular flexibility index (Phi) is 4.13. The maximum atomic E-state index is 11.7. The minimum absolute atomic E-state index is 0.195. The molecule has 1 aromatic heterocycles. The zero-order valence-electron chi connectivity index (χ0n) is 10.0. The third-order valence-corrected chi connectivity index (χ3v) is 2.28. The number of halogens is 1. The van der Waals surface area contributed by atoms with Gasteiger partial charge in [0, 0.05) is 6.20 Å². The molecule has 0 bridgehead atoms. The minimum atomic E-state index is -0.434. The summed E-state index contributed by atoms with van der Waals surface area (Å²) in [4.78, 5) is 11.7. The van der Waals surface area contributed by atoms with Crippen LogP contribution in [0.25, 0.3) is 0 Å². The fraction of sp³-hybridized carbons (Fsp3) is 0.636. The minimum Gasteiger partial charge on any atom is -0.460 e. The summed E-state index contributed by atoms with van der Waals surface area (Å²) in [5.74, 6) is -0.398. The molecular formula is C11H17BrN2O2. The van der Waals surface area contributed by atoms with Gasteiger partial charge in [-0.05, 0) is 36.7 Å². The Balaban J connectivity index is 2.52. The summed E-state index contributed by atoms with van der Waals surface area (Å²) in [6, 6.07) is 0. The van der Waals surface area contributed by atoms with E-state index in [9.17, 15) is 4.79 Å². The summed E-state index contributed by atoms with van der Waals surface area (Å²) in [6.45, 7) is 7.95. The second-order valence-electron chi connectivity index (χ2n) is 4.82. The first kappa shape index (κ1) is 13.2. The van der Waals surface area contributed by atoms with Crippen molar-refractivity contribution in [3.63, 3.8) is 0 Å². The van der Waals surface area contributed by atoms with Gasteiger partial charge >= 0.3 is 5.97 Å². The molecule has 0 aliphatic carbocycles. The average molecular weight is 289 g/mol. The number of hydrogen-bond acceptors (Lipinski definition) is 3. The molecule has 0 N–H and O–H groups in total. The molecular weight excluding hydrogens is 272 g/mol. The first-order valence-corrected chi connectivity index (χ1v) is 5.98. The normalized spacial score (nSPS) is 13.6. The van der Waals surface area contributed by atoms with Crippen molar-refractivity contribution in [1.82, 2.24) is 9.78 Å². The number of hydrogen-bond donors (Lipinski definition) is 0. The predicted octanol–water partition coefficient (Wildman–Crippen LogP) is 2.62. The molecule has 90 valence electrons. The van der Waals surface area contributed by atoms with Gasteiger partial charge in [-0.1, -0.05) is 6.92 Å². The molecule has 0 saturated heterocycles. The molecule has 16 heavy (non-hydrogen) atoms. The third-order valence-electron chi connectivity index (χ3n) is 1.87. The lowest BCUT2D eigenvalue weighted by Crippen LogP contribution is -2.29. The fourth-order valence-electron chi connectivity index (χ4n) is 1.20. The van der Waals surface area contributed by atoms with Gasteiger partial charge in [-0.3, -0.25) is 9.48 Å². The number of nitrogens with zero attached hydrogens (tertiary/aromatic N) is 2. The van der Waals surface area contributed by atoms with Gasteiger partial charge in [0.05, 0.1) is 23.1 Å². The first-order valence-electron chi connectivity index (χ1n) is 5.19. The molecule has 0 aliphatic heterocycles. The molecule has 5 heteroatoms. The van der Waals surface area contributed by atoms with Crippen LogP contribution in [0.2, 0.25) is 0 Å². The molecule has 1 heterocycles. The summed E-state index contributed by atoms with van der Waals surface area (Å²) >= 11 is 3.31. The van der Waals surface area contributed by atoms with Crippen molar-refractivity contribution in [3.05, 3.63) is 16.9 Å². The van der Waals surface area contributed by atoms with Crippen LogP contribution in [0.4, 0.5) is 0 Å². The average Bonchev–Trinajstić information content (AvgIpc) is 2.48. The van der Waals surface area contributed by atoms with Crippen LogP contribution in [-0.2, 0) is 16.1 Å². The van der Waals surface area contributed by atoms with Gasteiger partial charge < -0.3 is 4.74 Å². The first-order chi connectivity index (χ1) is 7.28. The van der Waals surface area contributed by atoms with Crippen molar-refractivity contribution in [2.45, 2.75) is 39.8 Å². The molecule has 0 fully saturated rings.